The lowest BCUT2D eigenvalue weighted by Gasteiger charge is -2.65. The quantitative estimate of drug-likeness (QED) is 0.193. The molecule has 0 aromatic heterocycles. The van der Waals surface area contributed by atoms with Gasteiger partial charge < -0.3 is 4.74 Å². The van der Waals surface area contributed by atoms with Crippen molar-refractivity contribution >= 4 is 0 Å². The highest BCUT2D eigenvalue weighted by Crippen LogP contribution is 2.71. The van der Waals surface area contributed by atoms with E-state index in [-0.39, 0.29) is 0 Å². The molecule has 0 saturated heterocycles. The summed E-state index contributed by atoms with van der Waals surface area (Å²) in [5, 5.41) is 0. The van der Waals surface area contributed by atoms with Gasteiger partial charge in [-0.1, -0.05) is 121 Å². The minimum Gasteiger partial charge on any atom is -0.374 e. The molecule has 0 radical (unpaired) electrons. The number of ether oxygens (including phenoxy) is 1. The van der Waals surface area contributed by atoms with E-state index in [9.17, 15) is 0 Å². The zero-order valence-electron chi connectivity index (χ0n) is 38.6. The Morgan fingerprint density at radius 3 is 1.25 bits per heavy atom. The van der Waals surface area contributed by atoms with E-state index in [1.165, 1.54) is 154 Å². The lowest BCUT2D eigenvalue weighted by molar-refractivity contribution is -0.243. The first-order valence-electron chi connectivity index (χ1n) is 25.9. The zero-order valence-corrected chi connectivity index (χ0v) is 38.6. The van der Waals surface area contributed by atoms with E-state index in [0.717, 1.165) is 82.9 Å². The van der Waals surface area contributed by atoms with E-state index in [1.54, 1.807) is 0 Å². The maximum Gasteiger partial charge on any atom is 0.0638 e. The van der Waals surface area contributed by atoms with Gasteiger partial charge in [-0.05, 0) is 207 Å². The standard InChI is InChI=1S/C54H94O/c1-35(2)15-11-17-37(5)43-27-29-45-41-25-23-39-19-13-21-49(53(39,9)47(41)31-33-51(43,45)7)55-50-22-14-20-40-24-26-42-46-30-28-44(38(6)18-12-16-36(3)4)52(46,8)34-32-48(42)54(40,50)10/h35-50H,11-34H2,1-10H3/t37-,38-,39?,40?,41+,42+,43-,44-,45+,46+,47+,48+,49?,50?,51-,52-,53+,54+/m1/s1. The fraction of sp³-hybridized carbons (Fsp3) is 1.00. The average molecular weight is 759 g/mol. The van der Waals surface area contributed by atoms with Crippen LogP contribution < -0.4 is 0 Å². The van der Waals surface area contributed by atoms with Gasteiger partial charge in [0.15, 0.2) is 0 Å². The highest BCUT2D eigenvalue weighted by atomic mass is 16.5. The molecule has 8 saturated carbocycles. The predicted molar refractivity (Wildman–Crippen MR) is 235 cm³/mol. The second-order valence-electron chi connectivity index (χ2n) is 25.1. The molecule has 1 heteroatoms. The third-order valence-electron chi connectivity index (χ3n) is 22.1. The maximum absolute atomic E-state index is 8.09. The molecule has 8 rings (SSSR count). The van der Waals surface area contributed by atoms with E-state index in [4.69, 9.17) is 4.74 Å². The molecule has 0 heterocycles. The Morgan fingerprint density at radius 1 is 0.436 bits per heavy atom. The highest BCUT2D eigenvalue weighted by Gasteiger charge is 2.65. The first-order chi connectivity index (χ1) is 26.2. The molecule has 0 aromatic rings. The van der Waals surface area contributed by atoms with Gasteiger partial charge >= 0.3 is 0 Å². The molecule has 4 unspecified atom stereocenters. The largest absolute Gasteiger partial charge is 0.374 e. The molecule has 1 nitrogen and oxygen atoms in total. The van der Waals surface area contributed by atoms with Crippen LogP contribution in [0.5, 0.6) is 0 Å². The lowest BCUT2D eigenvalue weighted by Crippen LogP contribution is -2.62. The van der Waals surface area contributed by atoms with Crippen molar-refractivity contribution in [2.24, 2.45) is 105 Å². The van der Waals surface area contributed by atoms with Gasteiger partial charge in [0.2, 0.25) is 0 Å². The first kappa shape index (κ1) is 41.7. The van der Waals surface area contributed by atoms with Crippen LogP contribution in [-0.2, 0) is 4.74 Å². The van der Waals surface area contributed by atoms with Gasteiger partial charge in [0.1, 0.15) is 0 Å². The third-order valence-corrected chi connectivity index (χ3v) is 22.1. The van der Waals surface area contributed by atoms with Gasteiger partial charge in [-0.25, -0.2) is 0 Å². The number of fused-ring (bicyclic) bond motifs is 10. The SMILES string of the molecule is CC(C)CCC[C@@H](C)[C@H]1CC[C@H]2[C@@H]3CCC4CCCC(OC5CCCC6CC[C@@H]7[C@H](CC[C@]8(C)[C@@H]([C@H](C)CCCC(C)C)CC[C@@H]78)[C@]65C)[C@]4(C)[C@H]3CC[C@]12C. The summed E-state index contributed by atoms with van der Waals surface area (Å²) in [5.41, 5.74) is 1.98. The second-order valence-corrected chi connectivity index (χ2v) is 25.1. The van der Waals surface area contributed by atoms with Crippen LogP contribution in [0.1, 0.15) is 223 Å². The second kappa shape index (κ2) is 16.1. The summed E-state index contributed by atoms with van der Waals surface area (Å²) in [6.45, 7) is 26.3. The van der Waals surface area contributed by atoms with E-state index < -0.39 is 0 Å². The Balaban J connectivity index is 0.989. The average Bonchev–Trinajstić information content (AvgIpc) is 3.68. The van der Waals surface area contributed by atoms with Crippen molar-refractivity contribution in [1.82, 2.24) is 0 Å². The molecule has 8 fully saturated rings. The number of hydrogen-bond acceptors (Lipinski definition) is 1. The number of hydrogen-bond donors (Lipinski definition) is 0. The zero-order chi connectivity index (χ0) is 38.9. The molecule has 316 valence electrons. The van der Waals surface area contributed by atoms with E-state index in [2.05, 4.69) is 69.2 Å². The minimum absolute atomic E-state index is 0.399. The molecule has 8 aliphatic carbocycles. The first-order valence-corrected chi connectivity index (χ1v) is 25.9. The summed E-state index contributed by atoms with van der Waals surface area (Å²) in [6.07, 6.45) is 36.5. The topological polar surface area (TPSA) is 9.23 Å². The van der Waals surface area contributed by atoms with Gasteiger partial charge in [0, 0.05) is 0 Å². The Labute approximate surface area is 343 Å². The third kappa shape index (κ3) is 7.03. The molecule has 0 aliphatic heterocycles. The normalized spacial score (nSPS) is 50.4. The summed E-state index contributed by atoms with van der Waals surface area (Å²) in [4.78, 5) is 0. The van der Waals surface area contributed by atoms with Crippen LogP contribution in [0, 0.1) is 105 Å². The molecule has 0 aromatic carbocycles. The van der Waals surface area contributed by atoms with E-state index in [1.807, 2.05) is 0 Å². The van der Waals surface area contributed by atoms with Gasteiger partial charge in [-0.3, -0.25) is 0 Å². The lowest BCUT2D eigenvalue weighted by atomic mass is 9.43. The van der Waals surface area contributed by atoms with Crippen molar-refractivity contribution in [1.29, 1.82) is 0 Å². The van der Waals surface area contributed by atoms with Gasteiger partial charge in [-0.2, -0.15) is 0 Å². The van der Waals surface area contributed by atoms with Crippen LogP contribution in [-0.4, -0.2) is 12.2 Å². The van der Waals surface area contributed by atoms with Crippen molar-refractivity contribution < 1.29 is 4.74 Å². The van der Waals surface area contributed by atoms with Crippen LogP contribution in [0.4, 0.5) is 0 Å². The van der Waals surface area contributed by atoms with Crippen LogP contribution in [0.2, 0.25) is 0 Å². The van der Waals surface area contributed by atoms with Gasteiger partial charge in [-0.15, -0.1) is 0 Å². The Morgan fingerprint density at radius 2 is 0.855 bits per heavy atom. The fourth-order valence-corrected chi connectivity index (χ4v) is 19.3. The maximum atomic E-state index is 8.09. The van der Waals surface area contributed by atoms with E-state index in [0.29, 0.717) is 33.9 Å². The monoisotopic (exact) mass is 759 g/mol. The summed E-state index contributed by atoms with van der Waals surface area (Å²) >= 11 is 0. The molecular formula is C54H94O. The number of rotatable bonds is 12. The van der Waals surface area contributed by atoms with Crippen LogP contribution >= 0.6 is 0 Å². The predicted octanol–water partition coefficient (Wildman–Crippen LogP) is 16.0. The van der Waals surface area contributed by atoms with Crippen molar-refractivity contribution in [3.8, 4) is 0 Å². The Hall–Kier alpha value is -0.0400. The Kier molecular flexibility index (Phi) is 12.2. The molecule has 0 amide bonds. The molecule has 0 bridgehead atoms. The Bertz CT molecular complexity index is 1190. The smallest absolute Gasteiger partial charge is 0.0638 e. The highest BCUT2D eigenvalue weighted by molar-refractivity contribution is 5.14. The van der Waals surface area contributed by atoms with Crippen LogP contribution in [0.15, 0.2) is 0 Å². The molecule has 55 heavy (non-hydrogen) atoms. The molecule has 8 aliphatic rings. The van der Waals surface area contributed by atoms with Crippen LogP contribution in [0.3, 0.4) is 0 Å². The van der Waals surface area contributed by atoms with Crippen molar-refractivity contribution in [2.75, 3.05) is 0 Å². The van der Waals surface area contributed by atoms with Gasteiger partial charge in [0.25, 0.3) is 0 Å². The molecule has 0 spiro atoms. The minimum atomic E-state index is 0.399. The van der Waals surface area contributed by atoms with Gasteiger partial charge in [0.05, 0.1) is 12.2 Å². The van der Waals surface area contributed by atoms with Crippen LogP contribution in [0.25, 0.3) is 0 Å². The summed E-state index contributed by atoms with van der Waals surface area (Å²) in [5.74, 6) is 13.0. The van der Waals surface area contributed by atoms with Crippen molar-refractivity contribution in [2.45, 2.75) is 236 Å². The summed E-state index contributed by atoms with van der Waals surface area (Å²) in [7, 11) is 0. The summed E-state index contributed by atoms with van der Waals surface area (Å²) < 4.78 is 8.09. The molecule has 0 N–H and O–H groups in total. The summed E-state index contributed by atoms with van der Waals surface area (Å²) in [6, 6.07) is 0. The molecule has 18 atom stereocenters. The van der Waals surface area contributed by atoms with Crippen molar-refractivity contribution in [3.05, 3.63) is 0 Å². The molecular weight excluding hydrogens is 665 g/mol. The fourth-order valence-electron chi connectivity index (χ4n) is 19.3. The van der Waals surface area contributed by atoms with E-state index >= 15 is 0 Å². The van der Waals surface area contributed by atoms with Crippen molar-refractivity contribution in [3.63, 3.8) is 0 Å².